The largest absolute Gasteiger partial charge is 0.493 e. The van der Waals surface area contributed by atoms with Gasteiger partial charge in [-0.15, -0.1) is 0 Å². The molecule has 33 heavy (non-hydrogen) atoms. The van der Waals surface area contributed by atoms with Crippen LogP contribution in [0.1, 0.15) is 37.7 Å². The van der Waals surface area contributed by atoms with Gasteiger partial charge in [-0.25, -0.2) is 0 Å². The van der Waals surface area contributed by atoms with Gasteiger partial charge in [0.1, 0.15) is 5.75 Å². The number of ether oxygens (including phenoxy) is 3. The lowest BCUT2D eigenvalue weighted by Crippen LogP contribution is -2.48. The fourth-order valence-electron chi connectivity index (χ4n) is 5.02. The van der Waals surface area contributed by atoms with E-state index in [0.29, 0.717) is 12.6 Å². The molecule has 2 fully saturated rings. The van der Waals surface area contributed by atoms with E-state index in [2.05, 4.69) is 21.3 Å². The molecular formula is C26H35N3O4. The standard InChI is InChI=1S/C26H35N3O4/c1-31-24-10-9-19(13-25(24)32-2)15-29-16-20(18-33-23-8-5-11-27-14-23)12-21(17-29)26(30)28-22-6-3-4-7-22/h5,8-11,13-14,20-22H,3-4,6-7,12,15-18H2,1-2H3,(H,28,30)/t20-,21+/m0/s1. The second kappa shape index (κ2) is 11.4. The van der Waals surface area contributed by atoms with E-state index in [1.54, 1.807) is 26.6 Å². The normalized spacial score (nSPS) is 21.5. The van der Waals surface area contributed by atoms with E-state index in [1.807, 2.05) is 24.3 Å². The first-order valence-corrected chi connectivity index (χ1v) is 11.9. The fraction of sp³-hybridized carbons (Fsp3) is 0.538. The Balaban J connectivity index is 1.44. The zero-order valence-electron chi connectivity index (χ0n) is 19.7. The minimum atomic E-state index is -0.0398. The van der Waals surface area contributed by atoms with Gasteiger partial charge in [0.2, 0.25) is 5.91 Å². The van der Waals surface area contributed by atoms with Gasteiger partial charge in [0.05, 0.1) is 32.9 Å². The molecule has 1 aromatic carbocycles. The van der Waals surface area contributed by atoms with Crippen molar-refractivity contribution in [1.29, 1.82) is 0 Å². The van der Waals surface area contributed by atoms with Crippen LogP contribution in [0.2, 0.25) is 0 Å². The van der Waals surface area contributed by atoms with Crippen LogP contribution in [0.15, 0.2) is 42.7 Å². The predicted octanol–water partition coefficient (Wildman–Crippen LogP) is 3.67. The number of piperidine rings is 1. The first-order valence-electron chi connectivity index (χ1n) is 11.9. The summed E-state index contributed by atoms with van der Waals surface area (Å²) >= 11 is 0. The highest BCUT2D eigenvalue weighted by atomic mass is 16.5. The SMILES string of the molecule is COc1ccc(CN2C[C@@H](COc3cccnc3)C[C@@H](C(=O)NC3CCCC3)C2)cc1OC. The number of likely N-dealkylation sites (tertiary alicyclic amines) is 1. The molecule has 4 rings (SSSR count). The Morgan fingerprint density at radius 1 is 1.12 bits per heavy atom. The molecule has 1 saturated carbocycles. The minimum absolute atomic E-state index is 0.0398. The van der Waals surface area contributed by atoms with Crippen molar-refractivity contribution in [1.82, 2.24) is 15.2 Å². The zero-order chi connectivity index (χ0) is 23.0. The van der Waals surface area contributed by atoms with Gasteiger partial charge in [-0.3, -0.25) is 14.7 Å². The molecule has 7 nitrogen and oxygen atoms in total. The average molecular weight is 454 g/mol. The van der Waals surface area contributed by atoms with Gasteiger partial charge in [-0.1, -0.05) is 18.9 Å². The van der Waals surface area contributed by atoms with Crippen LogP contribution in [0, 0.1) is 11.8 Å². The Hall–Kier alpha value is -2.80. The highest BCUT2D eigenvalue weighted by molar-refractivity contribution is 5.79. The van der Waals surface area contributed by atoms with Crippen LogP contribution >= 0.6 is 0 Å². The average Bonchev–Trinajstić information content (AvgIpc) is 3.36. The lowest BCUT2D eigenvalue weighted by atomic mass is 9.88. The Kier molecular flexibility index (Phi) is 8.05. The number of benzene rings is 1. The summed E-state index contributed by atoms with van der Waals surface area (Å²) in [5.74, 6) is 2.61. The number of nitrogens with zero attached hydrogens (tertiary/aromatic N) is 2. The fourth-order valence-corrected chi connectivity index (χ4v) is 5.02. The van der Waals surface area contributed by atoms with Crippen LogP contribution in [0.3, 0.4) is 0 Å². The molecule has 1 aliphatic heterocycles. The molecule has 1 aliphatic carbocycles. The number of pyridine rings is 1. The molecule has 1 N–H and O–H groups in total. The maximum atomic E-state index is 13.1. The van der Waals surface area contributed by atoms with E-state index in [0.717, 1.165) is 61.7 Å². The number of carbonyl (C=O) groups is 1. The Bertz CT molecular complexity index is 902. The molecule has 0 spiro atoms. The van der Waals surface area contributed by atoms with Crippen molar-refractivity contribution in [3.05, 3.63) is 48.3 Å². The van der Waals surface area contributed by atoms with Crippen molar-refractivity contribution in [2.24, 2.45) is 11.8 Å². The first kappa shape index (κ1) is 23.4. The zero-order valence-corrected chi connectivity index (χ0v) is 19.7. The molecule has 1 aromatic heterocycles. The van der Waals surface area contributed by atoms with Gasteiger partial charge in [-0.2, -0.15) is 0 Å². The second-order valence-corrected chi connectivity index (χ2v) is 9.17. The van der Waals surface area contributed by atoms with E-state index in [4.69, 9.17) is 14.2 Å². The van der Waals surface area contributed by atoms with Gasteiger partial charge >= 0.3 is 0 Å². The summed E-state index contributed by atoms with van der Waals surface area (Å²) in [6, 6.07) is 10.1. The Labute approximate surface area is 196 Å². The van der Waals surface area contributed by atoms with Crippen LogP contribution in [-0.2, 0) is 11.3 Å². The maximum Gasteiger partial charge on any atom is 0.224 e. The third-order valence-electron chi connectivity index (χ3n) is 6.66. The van der Waals surface area contributed by atoms with Crippen LogP contribution in [-0.4, -0.2) is 55.7 Å². The molecule has 0 unspecified atom stereocenters. The molecule has 2 heterocycles. The number of hydrogen-bond acceptors (Lipinski definition) is 6. The summed E-state index contributed by atoms with van der Waals surface area (Å²) in [5.41, 5.74) is 1.14. The van der Waals surface area contributed by atoms with Gasteiger partial charge in [0, 0.05) is 37.8 Å². The number of nitrogens with one attached hydrogen (secondary N) is 1. The van der Waals surface area contributed by atoms with Crippen molar-refractivity contribution in [2.75, 3.05) is 33.9 Å². The minimum Gasteiger partial charge on any atom is -0.493 e. The van der Waals surface area contributed by atoms with E-state index in [1.165, 1.54) is 12.8 Å². The van der Waals surface area contributed by atoms with Crippen molar-refractivity contribution in [2.45, 2.75) is 44.7 Å². The molecule has 2 atom stereocenters. The molecule has 0 bridgehead atoms. The van der Waals surface area contributed by atoms with Gasteiger partial charge < -0.3 is 19.5 Å². The molecular weight excluding hydrogens is 418 g/mol. The predicted molar refractivity (Wildman–Crippen MR) is 127 cm³/mol. The van der Waals surface area contributed by atoms with Gasteiger partial charge in [-0.05, 0) is 49.1 Å². The molecule has 2 aromatic rings. The lowest BCUT2D eigenvalue weighted by Gasteiger charge is -2.37. The Morgan fingerprint density at radius 3 is 2.67 bits per heavy atom. The smallest absolute Gasteiger partial charge is 0.224 e. The molecule has 1 saturated heterocycles. The monoisotopic (exact) mass is 453 g/mol. The van der Waals surface area contributed by atoms with Crippen LogP contribution in [0.4, 0.5) is 0 Å². The number of amides is 1. The quantitative estimate of drug-likeness (QED) is 0.625. The van der Waals surface area contributed by atoms with E-state index in [9.17, 15) is 4.79 Å². The third kappa shape index (κ3) is 6.38. The summed E-state index contributed by atoms with van der Waals surface area (Å²) in [7, 11) is 3.29. The first-order chi connectivity index (χ1) is 16.1. The topological polar surface area (TPSA) is 72.9 Å². The summed E-state index contributed by atoms with van der Waals surface area (Å²) in [6.07, 6.45) is 8.92. The lowest BCUT2D eigenvalue weighted by molar-refractivity contribution is -0.128. The summed E-state index contributed by atoms with van der Waals surface area (Å²) < 4.78 is 16.9. The van der Waals surface area contributed by atoms with Crippen molar-refractivity contribution in [3.8, 4) is 17.2 Å². The van der Waals surface area contributed by atoms with Crippen molar-refractivity contribution < 1.29 is 19.0 Å². The molecule has 0 radical (unpaired) electrons. The summed E-state index contributed by atoms with van der Waals surface area (Å²) in [5, 5.41) is 3.31. The number of aromatic nitrogens is 1. The van der Waals surface area contributed by atoms with E-state index >= 15 is 0 Å². The summed E-state index contributed by atoms with van der Waals surface area (Å²) in [6.45, 7) is 2.94. The van der Waals surface area contributed by atoms with E-state index < -0.39 is 0 Å². The van der Waals surface area contributed by atoms with E-state index in [-0.39, 0.29) is 17.7 Å². The number of rotatable bonds is 9. The number of hydrogen-bond donors (Lipinski definition) is 1. The van der Waals surface area contributed by atoms with Gasteiger partial charge in [0.25, 0.3) is 0 Å². The highest BCUT2D eigenvalue weighted by Gasteiger charge is 2.33. The summed E-state index contributed by atoms with van der Waals surface area (Å²) in [4.78, 5) is 19.6. The van der Waals surface area contributed by atoms with Crippen LogP contribution in [0.25, 0.3) is 0 Å². The van der Waals surface area contributed by atoms with Crippen molar-refractivity contribution >= 4 is 5.91 Å². The number of carbonyl (C=O) groups excluding carboxylic acids is 1. The van der Waals surface area contributed by atoms with Crippen molar-refractivity contribution in [3.63, 3.8) is 0 Å². The molecule has 178 valence electrons. The number of methoxy groups -OCH3 is 2. The van der Waals surface area contributed by atoms with Crippen LogP contribution < -0.4 is 19.5 Å². The molecule has 1 amide bonds. The Morgan fingerprint density at radius 2 is 1.94 bits per heavy atom. The van der Waals surface area contributed by atoms with Crippen LogP contribution in [0.5, 0.6) is 17.2 Å². The molecule has 7 heteroatoms. The molecule has 2 aliphatic rings. The highest BCUT2D eigenvalue weighted by Crippen LogP contribution is 2.30. The second-order valence-electron chi connectivity index (χ2n) is 9.17. The maximum absolute atomic E-state index is 13.1. The van der Waals surface area contributed by atoms with Gasteiger partial charge in [0.15, 0.2) is 11.5 Å². The third-order valence-corrected chi connectivity index (χ3v) is 6.66.